The molecule has 0 aliphatic rings. The number of para-hydroxylation sites is 1. The van der Waals surface area contributed by atoms with Gasteiger partial charge in [0.1, 0.15) is 10.8 Å². The third kappa shape index (κ3) is 2.61. The zero-order chi connectivity index (χ0) is 11.4. The highest BCUT2D eigenvalue weighted by atomic mass is 32.1. The molecular weight excluding hydrogens is 222 g/mol. The molecule has 0 spiro atoms. The van der Waals surface area contributed by atoms with Crippen molar-refractivity contribution in [1.29, 1.82) is 0 Å². The zero-order valence-corrected chi connectivity index (χ0v) is 9.58. The zero-order valence-electron chi connectivity index (χ0n) is 8.77. The van der Waals surface area contributed by atoms with E-state index in [0.717, 1.165) is 10.8 Å². The Labute approximate surface area is 97.7 Å². The Kier molecular flexibility index (Phi) is 3.22. The number of ether oxygens (including phenoxy) is 1. The number of hydrogen-bond donors (Lipinski definition) is 1. The quantitative estimate of drug-likeness (QED) is 0.881. The number of carbonyl (C=O) groups is 1. The largest absolute Gasteiger partial charge is 0.454 e. The van der Waals surface area contributed by atoms with Crippen molar-refractivity contribution in [2.75, 3.05) is 5.32 Å². The van der Waals surface area contributed by atoms with Gasteiger partial charge >= 0.3 is 0 Å². The average Bonchev–Trinajstić information content (AvgIpc) is 2.66. The molecule has 16 heavy (non-hydrogen) atoms. The molecule has 1 aromatic carbocycles. The van der Waals surface area contributed by atoms with Crippen LogP contribution in [0.3, 0.4) is 0 Å². The van der Waals surface area contributed by atoms with Gasteiger partial charge in [0.05, 0.1) is 0 Å². The van der Waals surface area contributed by atoms with E-state index in [1.165, 1.54) is 18.3 Å². The summed E-state index contributed by atoms with van der Waals surface area (Å²) < 4.78 is 5.65. The van der Waals surface area contributed by atoms with Crippen LogP contribution >= 0.6 is 11.3 Å². The van der Waals surface area contributed by atoms with Crippen molar-refractivity contribution >= 4 is 22.2 Å². The van der Waals surface area contributed by atoms with Crippen LogP contribution in [0.2, 0.25) is 0 Å². The van der Waals surface area contributed by atoms with Gasteiger partial charge in [-0.2, -0.15) is 0 Å². The van der Waals surface area contributed by atoms with Gasteiger partial charge in [0.15, 0.2) is 5.75 Å². The maximum Gasteiger partial charge on any atom is 0.221 e. The summed E-state index contributed by atoms with van der Waals surface area (Å²) in [6.45, 7) is 1.48. The highest BCUT2D eigenvalue weighted by Gasteiger charge is 2.07. The molecule has 0 atom stereocenters. The van der Waals surface area contributed by atoms with Gasteiger partial charge in [0, 0.05) is 6.92 Å². The van der Waals surface area contributed by atoms with Gasteiger partial charge in [-0.15, -0.1) is 11.3 Å². The van der Waals surface area contributed by atoms with E-state index in [-0.39, 0.29) is 5.91 Å². The number of hydrogen-bond acceptors (Lipinski definition) is 3. The van der Waals surface area contributed by atoms with Gasteiger partial charge in [-0.1, -0.05) is 18.2 Å². The van der Waals surface area contributed by atoms with Crippen LogP contribution in [-0.4, -0.2) is 5.91 Å². The lowest BCUT2D eigenvalue weighted by atomic mass is 10.3. The summed E-state index contributed by atoms with van der Waals surface area (Å²) >= 11 is 1.44. The van der Waals surface area contributed by atoms with Crippen molar-refractivity contribution < 1.29 is 9.53 Å². The summed E-state index contributed by atoms with van der Waals surface area (Å²) in [5, 5.41) is 5.34. The number of thiophene rings is 1. The molecule has 0 fully saturated rings. The molecule has 1 aromatic heterocycles. The van der Waals surface area contributed by atoms with E-state index >= 15 is 0 Å². The van der Waals surface area contributed by atoms with Crippen LogP contribution < -0.4 is 10.1 Å². The molecule has 3 nitrogen and oxygen atoms in total. The predicted octanol–water partition coefficient (Wildman–Crippen LogP) is 3.50. The van der Waals surface area contributed by atoms with Gasteiger partial charge in [0.25, 0.3) is 0 Å². The minimum Gasteiger partial charge on any atom is -0.454 e. The number of carbonyl (C=O) groups excluding carboxylic acids is 1. The molecule has 4 heteroatoms. The molecule has 0 radical (unpaired) electrons. The molecule has 0 bridgehead atoms. The number of benzene rings is 1. The van der Waals surface area contributed by atoms with Crippen LogP contribution in [0.25, 0.3) is 0 Å². The molecule has 2 rings (SSSR count). The Balaban J connectivity index is 2.16. The Morgan fingerprint density at radius 3 is 2.69 bits per heavy atom. The second kappa shape index (κ2) is 4.81. The molecule has 82 valence electrons. The molecule has 0 saturated carbocycles. The van der Waals surface area contributed by atoms with E-state index in [4.69, 9.17) is 4.74 Å². The van der Waals surface area contributed by atoms with E-state index in [0.29, 0.717) is 5.75 Å². The Morgan fingerprint density at radius 1 is 1.25 bits per heavy atom. The first-order chi connectivity index (χ1) is 7.75. The Morgan fingerprint density at radius 2 is 2.00 bits per heavy atom. The molecule has 1 heterocycles. The third-order valence-corrected chi connectivity index (χ3v) is 2.70. The summed E-state index contributed by atoms with van der Waals surface area (Å²) in [5.74, 6) is 1.33. The SMILES string of the molecule is CC(=O)Nc1sccc1Oc1ccccc1. The summed E-state index contributed by atoms with van der Waals surface area (Å²) in [6.07, 6.45) is 0. The number of rotatable bonds is 3. The minimum atomic E-state index is -0.0969. The van der Waals surface area contributed by atoms with Crippen LogP contribution in [0.4, 0.5) is 5.00 Å². The molecule has 0 aliphatic carbocycles. The van der Waals surface area contributed by atoms with Crippen LogP contribution in [0, 0.1) is 0 Å². The lowest BCUT2D eigenvalue weighted by Gasteiger charge is -2.06. The standard InChI is InChI=1S/C12H11NO2S/c1-9(14)13-12-11(7-8-16-12)15-10-5-3-2-4-6-10/h2-8H,1H3,(H,13,14). The van der Waals surface area contributed by atoms with Crippen LogP contribution in [0.1, 0.15) is 6.92 Å². The van der Waals surface area contributed by atoms with Crippen molar-refractivity contribution in [3.63, 3.8) is 0 Å². The maximum atomic E-state index is 11.0. The fourth-order valence-corrected chi connectivity index (χ4v) is 2.00. The lowest BCUT2D eigenvalue weighted by molar-refractivity contribution is -0.114. The summed E-state index contributed by atoms with van der Waals surface area (Å²) in [5.41, 5.74) is 0. The van der Waals surface area contributed by atoms with E-state index < -0.39 is 0 Å². The first-order valence-electron chi connectivity index (χ1n) is 4.83. The fourth-order valence-electron chi connectivity index (χ4n) is 1.24. The normalized spacial score (nSPS) is 9.81. The molecule has 0 aliphatic heterocycles. The maximum absolute atomic E-state index is 11.0. The van der Waals surface area contributed by atoms with Crippen LogP contribution in [-0.2, 0) is 4.79 Å². The molecule has 1 N–H and O–H groups in total. The second-order valence-corrected chi connectivity index (χ2v) is 4.13. The summed E-state index contributed by atoms with van der Waals surface area (Å²) in [6, 6.07) is 11.3. The molecule has 0 saturated heterocycles. The van der Waals surface area contributed by atoms with E-state index in [9.17, 15) is 4.79 Å². The highest BCUT2D eigenvalue weighted by molar-refractivity contribution is 7.14. The molecule has 2 aromatic rings. The van der Waals surface area contributed by atoms with Crippen LogP contribution in [0.15, 0.2) is 41.8 Å². The second-order valence-electron chi connectivity index (χ2n) is 3.21. The van der Waals surface area contributed by atoms with E-state index in [2.05, 4.69) is 5.32 Å². The highest BCUT2D eigenvalue weighted by Crippen LogP contribution is 2.34. The van der Waals surface area contributed by atoms with Gasteiger partial charge < -0.3 is 10.1 Å². The van der Waals surface area contributed by atoms with Gasteiger partial charge in [-0.05, 0) is 23.6 Å². The first kappa shape index (κ1) is 10.7. The number of amides is 1. The average molecular weight is 233 g/mol. The van der Waals surface area contributed by atoms with Crippen molar-refractivity contribution in [2.24, 2.45) is 0 Å². The third-order valence-electron chi connectivity index (χ3n) is 1.89. The monoisotopic (exact) mass is 233 g/mol. The number of anilines is 1. The fraction of sp³-hybridized carbons (Fsp3) is 0.0833. The molecule has 1 amide bonds. The van der Waals surface area contributed by atoms with E-state index in [1.54, 1.807) is 0 Å². The van der Waals surface area contributed by atoms with Gasteiger partial charge in [-0.25, -0.2) is 0 Å². The van der Waals surface area contributed by atoms with Gasteiger partial charge in [0.2, 0.25) is 5.91 Å². The minimum absolute atomic E-state index is 0.0969. The lowest BCUT2D eigenvalue weighted by Crippen LogP contribution is -2.04. The van der Waals surface area contributed by atoms with Crippen molar-refractivity contribution in [3.05, 3.63) is 41.8 Å². The van der Waals surface area contributed by atoms with Crippen molar-refractivity contribution in [1.82, 2.24) is 0 Å². The smallest absolute Gasteiger partial charge is 0.221 e. The predicted molar refractivity (Wildman–Crippen MR) is 65.1 cm³/mol. The molecular formula is C12H11NO2S. The topological polar surface area (TPSA) is 38.3 Å². The Bertz CT molecular complexity index is 479. The Hall–Kier alpha value is -1.81. The van der Waals surface area contributed by atoms with E-state index in [1.807, 2.05) is 41.8 Å². The molecule has 0 unspecified atom stereocenters. The number of nitrogens with one attached hydrogen (secondary N) is 1. The van der Waals surface area contributed by atoms with Gasteiger partial charge in [-0.3, -0.25) is 4.79 Å². The van der Waals surface area contributed by atoms with Crippen LogP contribution in [0.5, 0.6) is 11.5 Å². The summed E-state index contributed by atoms with van der Waals surface area (Å²) in [7, 11) is 0. The summed E-state index contributed by atoms with van der Waals surface area (Å²) in [4.78, 5) is 11.0. The van der Waals surface area contributed by atoms with Crippen molar-refractivity contribution in [2.45, 2.75) is 6.92 Å². The van der Waals surface area contributed by atoms with Crippen molar-refractivity contribution in [3.8, 4) is 11.5 Å². The first-order valence-corrected chi connectivity index (χ1v) is 5.71.